The van der Waals surface area contributed by atoms with E-state index in [2.05, 4.69) is 15.6 Å². The predicted octanol–water partition coefficient (Wildman–Crippen LogP) is 3.28. The van der Waals surface area contributed by atoms with Gasteiger partial charge in [-0.25, -0.2) is 0 Å². The van der Waals surface area contributed by atoms with Gasteiger partial charge in [0.1, 0.15) is 17.5 Å². The highest BCUT2D eigenvalue weighted by atomic mass is 19.4. The SMILES string of the molecule is CCNC(=O)c1cc(O[C@H](C)c2ccc(C(F)(F)F)cc2)c(C(=O)NC)[nH]1. The molecular formula is C18H20F3N3O3. The van der Waals surface area contributed by atoms with Crippen LogP contribution in [0.1, 0.15) is 52.1 Å². The molecule has 0 spiro atoms. The number of aromatic nitrogens is 1. The van der Waals surface area contributed by atoms with Gasteiger partial charge < -0.3 is 20.4 Å². The van der Waals surface area contributed by atoms with E-state index in [0.717, 1.165) is 12.1 Å². The normalized spacial score (nSPS) is 12.4. The molecule has 27 heavy (non-hydrogen) atoms. The molecule has 3 N–H and O–H groups in total. The number of alkyl halides is 3. The molecule has 0 saturated heterocycles. The summed E-state index contributed by atoms with van der Waals surface area (Å²) in [5.41, 5.74) is -0.0705. The molecule has 0 bridgehead atoms. The lowest BCUT2D eigenvalue weighted by atomic mass is 10.1. The Bertz CT molecular complexity index is 813. The molecule has 1 heterocycles. The van der Waals surface area contributed by atoms with Gasteiger partial charge in [-0.15, -0.1) is 0 Å². The van der Waals surface area contributed by atoms with Crippen molar-refractivity contribution < 1.29 is 27.5 Å². The first-order valence-electron chi connectivity index (χ1n) is 8.24. The summed E-state index contributed by atoms with van der Waals surface area (Å²) in [6.07, 6.45) is -5.06. The van der Waals surface area contributed by atoms with Gasteiger partial charge in [0.2, 0.25) is 0 Å². The number of ether oxygens (including phenoxy) is 1. The quantitative estimate of drug-likeness (QED) is 0.716. The Morgan fingerprint density at radius 2 is 1.81 bits per heavy atom. The van der Waals surface area contributed by atoms with Crippen LogP contribution in [0, 0.1) is 0 Å². The number of benzene rings is 1. The van der Waals surface area contributed by atoms with E-state index in [1.807, 2.05) is 0 Å². The van der Waals surface area contributed by atoms with E-state index in [4.69, 9.17) is 4.74 Å². The van der Waals surface area contributed by atoms with Gasteiger partial charge in [-0.1, -0.05) is 12.1 Å². The van der Waals surface area contributed by atoms with E-state index in [1.54, 1.807) is 13.8 Å². The molecule has 0 radical (unpaired) electrons. The highest BCUT2D eigenvalue weighted by Crippen LogP contribution is 2.31. The minimum absolute atomic E-state index is 0.0533. The van der Waals surface area contributed by atoms with Crippen molar-refractivity contribution in [3.8, 4) is 5.75 Å². The number of hydrogen-bond donors (Lipinski definition) is 3. The third-order valence-corrected chi connectivity index (χ3v) is 3.83. The zero-order valence-electron chi connectivity index (χ0n) is 15.0. The Morgan fingerprint density at radius 1 is 1.19 bits per heavy atom. The van der Waals surface area contributed by atoms with Crippen LogP contribution in [0.2, 0.25) is 0 Å². The highest BCUT2D eigenvalue weighted by molar-refractivity contribution is 5.99. The van der Waals surface area contributed by atoms with Crippen LogP contribution in [-0.2, 0) is 6.18 Å². The maximum atomic E-state index is 12.7. The lowest BCUT2D eigenvalue weighted by molar-refractivity contribution is -0.137. The molecule has 6 nitrogen and oxygen atoms in total. The number of nitrogens with one attached hydrogen (secondary N) is 3. The van der Waals surface area contributed by atoms with Crippen molar-refractivity contribution in [2.75, 3.05) is 13.6 Å². The second-order valence-electron chi connectivity index (χ2n) is 5.74. The standard InChI is InChI=1S/C18H20F3N3O3/c1-4-23-16(25)13-9-14(15(24-13)17(26)22-3)27-10(2)11-5-7-12(8-6-11)18(19,20)21/h5-10,24H,4H2,1-3H3,(H,22,26)(H,23,25)/t10-/m1/s1. The van der Waals surface area contributed by atoms with Gasteiger partial charge in [-0.05, 0) is 31.5 Å². The van der Waals surface area contributed by atoms with E-state index < -0.39 is 29.7 Å². The van der Waals surface area contributed by atoms with Crippen molar-refractivity contribution in [1.29, 1.82) is 0 Å². The molecule has 0 aliphatic heterocycles. The van der Waals surface area contributed by atoms with Gasteiger partial charge in [0.05, 0.1) is 5.56 Å². The van der Waals surface area contributed by atoms with E-state index in [0.29, 0.717) is 12.1 Å². The molecule has 0 aliphatic rings. The summed E-state index contributed by atoms with van der Waals surface area (Å²) in [4.78, 5) is 26.7. The van der Waals surface area contributed by atoms with Crippen molar-refractivity contribution in [3.05, 3.63) is 52.8 Å². The highest BCUT2D eigenvalue weighted by Gasteiger charge is 2.30. The molecule has 1 aromatic heterocycles. The van der Waals surface area contributed by atoms with Gasteiger partial charge in [0, 0.05) is 19.7 Å². The summed E-state index contributed by atoms with van der Waals surface area (Å²) in [6, 6.07) is 5.93. The van der Waals surface area contributed by atoms with Crippen LogP contribution in [-0.4, -0.2) is 30.4 Å². The molecule has 2 amide bonds. The lowest BCUT2D eigenvalue weighted by Crippen LogP contribution is -2.23. The molecule has 0 saturated carbocycles. The van der Waals surface area contributed by atoms with Crippen molar-refractivity contribution in [2.45, 2.75) is 26.1 Å². The van der Waals surface area contributed by atoms with Gasteiger partial charge in [-0.3, -0.25) is 9.59 Å². The van der Waals surface area contributed by atoms with E-state index in [9.17, 15) is 22.8 Å². The topological polar surface area (TPSA) is 83.2 Å². The van der Waals surface area contributed by atoms with Gasteiger partial charge in [-0.2, -0.15) is 13.2 Å². The molecule has 2 rings (SSSR count). The minimum Gasteiger partial charge on any atom is -0.484 e. The predicted molar refractivity (Wildman–Crippen MR) is 92.7 cm³/mol. The largest absolute Gasteiger partial charge is 0.484 e. The first-order valence-corrected chi connectivity index (χ1v) is 8.24. The number of halogens is 3. The first kappa shape index (κ1) is 20.3. The fraction of sp³-hybridized carbons (Fsp3) is 0.333. The number of aromatic amines is 1. The number of rotatable bonds is 6. The smallest absolute Gasteiger partial charge is 0.416 e. The van der Waals surface area contributed by atoms with Crippen LogP contribution in [0.3, 0.4) is 0 Å². The summed E-state index contributed by atoms with van der Waals surface area (Å²) in [6.45, 7) is 3.80. The third kappa shape index (κ3) is 4.81. The summed E-state index contributed by atoms with van der Waals surface area (Å²) in [5.74, 6) is -0.761. The molecule has 146 valence electrons. The summed E-state index contributed by atoms with van der Waals surface area (Å²) in [5, 5.41) is 5.04. The average Bonchev–Trinajstić information content (AvgIpc) is 3.04. The number of carbonyl (C=O) groups excluding carboxylic acids is 2. The summed E-state index contributed by atoms with van der Waals surface area (Å²) in [7, 11) is 1.43. The van der Waals surface area contributed by atoms with Crippen LogP contribution < -0.4 is 15.4 Å². The average molecular weight is 383 g/mol. The van der Waals surface area contributed by atoms with Crippen molar-refractivity contribution in [1.82, 2.24) is 15.6 Å². The van der Waals surface area contributed by atoms with Crippen LogP contribution in [0.4, 0.5) is 13.2 Å². The molecule has 9 heteroatoms. The second kappa shape index (κ2) is 8.15. The molecule has 1 atom stereocenters. The summed E-state index contributed by atoms with van der Waals surface area (Å²) < 4.78 is 43.8. The Balaban J connectivity index is 2.26. The van der Waals surface area contributed by atoms with E-state index >= 15 is 0 Å². The van der Waals surface area contributed by atoms with Crippen molar-refractivity contribution in [3.63, 3.8) is 0 Å². The number of hydrogen-bond acceptors (Lipinski definition) is 3. The molecule has 0 fully saturated rings. The number of amides is 2. The zero-order valence-corrected chi connectivity index (χ0v) is 15.0. The maximum Gasteiger partial charge on any atom is 0.416 e. The maximum absolute atomic E-state index is 12.7. The van der Waals surface area contributed by atoms with E-state index in [1.165, 1.54) is 25.2 Å². The zero-order chi connectivity index (χ0) is 20.2. The van der Waals surface area contributed by atoms with Gasteiger partial charge >= 0.3 is 6.18 Å². The Morgan fingerprint density at radius 3 is 2.33 bits per heavy atom. The monoisotopic (exact) mass is 383 g/mol. The fourth-order valence-electron chi connectivity index (χ4n) is 2.40. The number of H-pyrrole nitrogens is 1. The molecule has 2 aromatic rings. The minimum atomic E-state index is -4.42. The van der Waals surface area contributed by atoms with Crippen LogP contribution in [0.15, 0.2) is 30.3 Å². The Kier molecular flexibility index (Phi) is 6.14. The molecular weight excluding hydrogens is 363 g/mol. The van der Waals surface area contributed by atoms with Crippen molar-refractivity contribution in [2.24, 2.45) is 0 Å². The van der Waals surface area contributed by atoms with Crippen molar-refractivity contribution >= 4 is 11.8 Å². The second-order valence-corrected chi connectivity index (χ2v) is 5.74. The van der Waals surface area contributed by atoms with Gasteiger partial charge in [0.25, 0.3) is 11.8 Å². The Hall–Kier alpha value is -2.97. The first-order chi connectivity index (χ1) is 12.7. The van der Waals surface area contributed by atoms with E-state index in [-0.39, 0.29) is 17.1 Å². The molecule has 0 aliphatic carbocycles. The van der Waals surface area contributed by atoms with Crippen LogP contribution >= 0.6 is 0 Å². The fourth-order valence-corrected chi connectivity index (χ4v) is 2.40. The number of carbonyl (C=O) groups is 2. The van der Waals surface area contributed by atoms with Crippen LogP contribution in [0.25, 0.3) is 0 Å². The summed E-state index contributed by atoms with van der Waals surface area (Å²) >= 11 is 0. The third-order valence-electron chi connectivity index (χ3n) is 3.83. The Labute approximate surface area is 154 Å². The van der Waals surface area contributed by atoms with Gasteiger partial charge in [0.15, 0.2) is 5.75 Å². The molecule has 1 aromatic carbocycles. The molecule has 0 unspecified atom stereocenters. The van der Waals surface area contributed by atoms with Crippen LogP contribution in [0.5, 0.6) is 5.75 Å². The lowest BCUT2D eigenvalue weighted by Gasteiger charge is -2.16.